The van der Waals surface area contributed by atoms with Gasteiger partial charge >= 0.3 is 0 Å². The van der Waals surface area contributed by atoms with Crippen LogP contribution in [0.15, 0.2) is 0 Å². The van der Waals surface area contributed by atoms with E-state index in [4.69, 9.17) is 11.1 Å². The van der Waals surface area contributed by atoms with Gasteiger partial charge in [-0.15, -0.1) is 0 Å². The van der Waals surface area contributed by atoms with Crippen molar-refractivity contribution in [2.45, 2.75) is 0 Å². The van der Waals surface area contributed by atoms with Gasteiger partial charge < -0.3 is 11.1 Å². The average Bonchev–Trinajstić information content (AvgIpc) is 0.918. The molecule has 0 saturated heterocycles. The summed E-state index contributed by atoms with van der Waals surface area (Å²) in [5.41, 5.74) is 13.5. The highest BCUT2D eigenvalue weighted by atomic mass is 31.0. The number of hydrogen-bond acceptors (Lipinski definition) is 0. The van der Waals surface area contributed by atoms with Crippen LogP contribution >= 0.6 is 9.90 Å². The lowest BCUT2D eigenvalue weighted by atomic mass is 13.0. The SMILES string of the molecule is [N-]=[N+]=[N-].[PH4+]. The molecule has 0 aromatic carbocycles. The maximum absolute atomic E-state index is 6.75. The van der Waals surface area contributed by atoms with Crippen molar-refractivity contribution in [2.24, 2.45) is 0 Å². The van der Waals surface area contributed by atoms with Gasteiger partial charge in [-0.05, 0) is 9.90 Å². The fourth-order valence-corrected chi connectivity index (χ4v) is 0. The summed E-state index contributed by atoms with van der Waals surface area (Å²) < 4.78 is 0. The highest BCUT2D eigenvalue weighted by molar-refractivity contribution is 6.92. The zero-order valence-electron chi connectivity index (χ0n) is 2.34. The van der Waals surface area contributed by atoms with Crippen molar-refractivity contribution >= 4 is 9.90 Å². The van der Waals surface area contributed by atoms with Gasteiger partial charge in [-0.1, -0.05) is 0 Å². The first-order valence-corrected chi connectivity index (χ1v) is 0.400. The van der Waals surface area contributed by atoms with Crippen molar-refractivity contribution in [2.75, 3.05) is 0 Å². The number of rotatable bonds is 0. The Morgan fingerprint density at radius 1 is 1.25 bits per heavy atom. The molecule has 0 N–H and O–H groups in total. The van der Waals surface area contributed by atoms with Crippen LogP contribution in [0.5, 0.6) is 0 Å². The van der Waals surface area contributed by atoms with E-state index in [0.29, 0.717) is 0 Å². The molecule has 0 saturated carbocycles. The minimum atomic E-state index is 0. The standard InChI is InChI=1S/N3.H3P/c1-3-2;/h;1H3/q-1;/p+1. The Kier molecular flexibility index (Phi) is 35.1. The Bertz CT molecular complexity index is 24.3. The number of hydrogen-bond donors (Lipinski definition) is 0. The molecule has 0 radical (unpaired) electrons. The second-order valence-electron chi connectivity index (χ2n) is 0.0894. The molecule has 4 heteroatoms. The van der Waals surface area contributed by atoms with Crippen LogP contribution in [0.4, 0.5) is 0 Å². The third-order valence-corrected chi connectivity index (χ3v) is 0. The first-order valence-electron chi connectivity index (χ1n) is 0.400. The Morgan fingerprint density at radius 3 is 1.25 bits per heavy atom. The molecule has 24 valence electrons. The average molecular weight is 77.0 g/mol. The summed E-state index contributed by atoms with van der Waals surface area (Å²) in [6.45, 7) is 0. The molecular weight excluding hydrogens is 73.0 g/mol. The molecule has 1 unspecified atom stereocenters. The lowest BCUT2D eigenvalue weighted by molar-refractivity contribution is 2.36. The molecule has 1 atom stereocenters. The van der Waals surface area contributed by atoms with Gasteiger partial charge in [0, 0.05) is 0 Å². The van der Waals surface area contributed by atoms with Gasteiger partial charge in [0.2, 0.25) is 0 Å². The van der Waals surface area contributed by atoms with E-state index in [0.717, 1.165) is 0 Å². The lowest BCUT2D eigenvalue weighted by Crippen LogP contribution is -0.711. The van der Waals surface area contributed by atoms with Gasteiger partial charge in [0.05, 0.1) is 0 Å². The molecule has 0 spiro atoms. The molecule has 0 rings (SSSR count). The second-order valence-corrected chi connectivity index (χ2v) is 0.0894. The molecule has 0 aliphatic heterocycles. The maximum Gasteiger partial charge on any atom is -0.0395 e. The molecule has 0 heterocycles. The van der Waals surface area contributed by atoms with E-state index in [1.807, 2.05) is 0 Å². The molecule has 0 aromatic heterocycles. The first-order chi connectivity index (χ1) is 1.41. The minimum Gasteiger partial charge on any atom is -0.373 e. The quantitative estimate of drug-likeness (QED) is 0.176. The van der Waals surface area contributed by atoms with E-state index >= 15 is 0 Å². The van der Waals surface area contributed by atoms with Gasteiger partial charge in [-0.3, -0.25) is 4.91 Å². The van der Waals surface area contributed by atoms with Crippen molar-refractivity contribution in [1.29, 1.82) is 0 Å². The maximum atomic E-state index is 6.75. The Morgan fingerprint density at radius 2 is 1.25 bits per heavy atom. The third kappa shape index (κ3) is 14.1. The second kappa shape index (κ2) is 15.1. The van der Waals surface area contributed by atoms with E-state index in [1.165, 1.54) is 4.91 Å². The zero-order valence-corrected chi connectivity index (χ0v) is 4.34. The molecule has 3 nitrogen and oxygen atoms in total. The molecule has 0 fully saturated rings. The molecule has 0 bridgehead atoms. The molecule has 4 heavy (non-hydrogen) atoms. The van der Waals surface area contributed by atoms with Crippen LogP contribution in [0.3, 0.4) is 0 Å². The third-order valence-electron chi connectivity index (χ3n) is 0. The summed E-state index contributed by atoms with van der Waals surface area (Å²) in [6, 6.07) is 0. The molecular formula is H4N3P. The fraction of sp³-hybridized carbons (Fsp3) is 0. The summed E-state index contributed by atoms with van der Waals surface area (Å²) in [4.78, 5) is 1.50. The van der Waals surface area contributed by atoms with E-state index < -0.39 is 0 Å². The first kappa shape index (κ1) is 9.27. The van der Waals surface area contributed by atoms with Crippen molar-refractivity contribution in [1.82, 2.24) is 0 Å². The van der Waals surface area contributed by atoms with E-state index in [1.54, 1.807) is 0 Å². The topological polar surface area (TPSA) is 58.7 Å². The lowest BCUT2D eigenvalue weighted by Gasteiger charge is -1.31. The van der Waals surface area contributed by atoms with Crippen molar-refractivity contribution in [3.63, 3.8) is 0 Å². The predicted octanol–water partition coefficient (Wildman–Crippen LogP) is 0.656. The van der Waals surface area contributed by atoms with Crippen LogP contribution in [-0.4, -0.2) is 0 Å². The molecule has 0 aliphatic rings. The van der Waals surface area contributed by atoms with Gasteiger partial charge in [-0.25, -0.2) is 0 Å². The zero-order chi connectivity index (χ0) is 2.71. The van der Waals surface area contributed by atoms with Gasteiger partial charge in [-0.2, -0.15) is 0 Å². The summed E-state index contributed by atoms with van der Waals surface area (Å²) in [7, 11) is 0. The Balaban J connectivity index is 0. The Hall–Kier alpha value is -0.260. The fourth-order valence-electron chi connectivity index (χ4n) is 0. The number of nitrogens with zero attached hydrogens (tertiary/aromatic N) is 3. The van der Waals surface area contributed by atoms with Crippen LogP contribution < -0.4 is 0 Å². The Labute approximate surface area is 27.0 Å². The monoisotopic (exact) mass is 77.0 g/mol. The normalized spacial score (nSPS) is 2.00. The van der Waals surface area contributed by atoms with Gasteiger partial charge in [0.1, 0.15) is 0 Å². The van der Waals surface area contributed by atoms with Crippen LogP contribution in [-0.2, 0) is 0 Å². The van der Waals surface area contributed by atoms with Gasteiger partial charge in [0.15, 0.2) is 0 Å². The molecule has 0 amide bonds. The van der Waals surface area contributed by atoms with Crippen molar-refractivity contribution < 1.29 is 0 Å². The van der Waals surface area contributed by atoms with E-state index in [9.17, 15) is 0 Å². The molecule has 0 aliphatic carbocycles. The summed E-state index contributed by atoms with van der Waals surface area (Å²) in [6.07, 6.45) is 0. The van der Waals surface area contributed by atoms with Crippen LogP contribution in [0.2, 0.25) is 0 Å². The summed E-state index contributed by atoms with van der Waals surface area (Å²) in [5, 5.41) is 0. The predicted molar refractivity (Wildman–Crippen MR) is 22.6 cm³/mol. The van der Waals surface area contributed by atoms with E-state index in [2.05, 4.69) is 0 Å². The largest absolute Gasteiger partial charge is 0.373 e. The summed E-state index contributed by atoms with van der Waals surface area (Å²) in [5.74, 6) is 0. The van der Waals surface area contributed by atoms with Crippen LogP contribution in [0.25, 0.3) is 16.0 Å². The van der Waals surface area contributed by atoms with E-state index in [-0.39, 0.29) is 9.90 Å². The highest BCUT2D eigenvalue weighted by Gasteiger charge is 0.689. The minimum absolute atomic E-state index is 0. The highest BCUT2D eigenvalue weighted by Crippen LogP contribution is 1.29. The van der Waals surface area contributed by atoms with Crippen LogP contribution in [0.1, 0.15) is 0 Å². The van der Waals surface area contributed by atoms with Crippen LogP contribution in [0, 0.1) is 0 Å². The van der Waals surface area contributed by atoms with Crippen molar-refractivity contribution in [3.8, 4) is 0 Å². The van der Waals surface area contributed by atoms with Crippen molar-refractivity contribution in [3.05, 3.63) is 16.0 Å². The molecule has 0 aromatic rings. The van der Waals surface area contributed by atoms with Gasteiger partial charge in [0.25, 0.3) is 0 Å². The summed E-state index contributed by atoms with van der Waals surface area (Å²) >= 11 is 0. The smallest absolute Gasteiger partial charge is 0.0395 e.